The molecule has 0 amide bonds. The standard InChI is InChI=1S/C13H18ClNO/c1-10-4-5-13(12(14)9-10)15-7-6-11-3-2-8-16-11/h4-5,9,11,15H,2-3,6-8H2,1H3. The topological polar surface area (TPSA) is 21.3 Å². The van der Waals surface area contributed by atoms with Crippen LogP contribution in [0.15, 0.2) is 18.2 Å². The van der Waals surface area contributed by atoms with Gasteiger partial charge < -0.3 is 10.1 Å². The van der Waals surface area contributed by atoms with E-state index in [0.717, 1.165) is 30.3 Å². The van der Waals surface area contributed by atoms with Crippen molar-refractivity contribution in [2.75, 3.05) is 18.5 Å². The Morgan fingerprint density at radius 1 is 1.50 bits per heavy atom. The number of halogens is 1. The molecule has 0 bridgehead atoms. The number of hydrogen-bond donors (Lipinski definition) is 1. The summed E-state index contributed by atoms with van der Waals surface area (Å²) in [5.41, 5.74) is 2.21. The van der Waals surface area contributed by atoms with E-state index in [4.69, 9.17) is 16.3 Å². The SMILES string of the molecule is Cc1ccc(NCCC2CCCO2)c(Cl)c1. The molecule has 1 fully saturated rings. The molecule has 0 saturated carbocycles. The molecule has 16 heavy (non-hydrogen) atoms. The molecule has 1 N–H and O–H groups in total. The maximum absolute atomic E-state index is 6.13. The first kappa shape index (κ1) is 11.7. The predicted octanol–water partition coefficient (Wildman–Crippen LogP) is 3.63. The summed E-state index contributed by atoms with van der Waals surface area (Å²) in [6.07, 6.45) is 3.90. The molecule has 1 saturated heterocycles. The molecule has 3 heteroatoms. The molecule has 1 heterocycles. The number of ether oxygens (including phenoxy) is 1. The second kappa shape index (κ2) is 5.55. The third-order valence-electron chi connectivity index (χ3n) is 2.93. The fourth-order valence-corrected chi connectivity index (χ4v) is 2.31. The minimum absolute atomic E-state index is 0.441. The van der Waals surface area contributed by atoms with Gasteiger partial charge >= 0.3 is 0 Å². The molecule has 1 aliphatic heterocycles. The average Bonchev–Trinajstić information content (AvgIpc) is 2.74. The molecule has 0 aliphatic carbocycles. The van der Waals surface area contributed by atoms with Gasteiger partial charge in [-0.1, -0.05) is 17.7 Å². The Morgan fingerprint density at radius 2 is 2.38 bits per heavy atom. The van der Waals surface area contributed by atoms with Gasteiger partial charge in [-0.05, 0) is 43.9 Å². The Bertz CT molecular complexity index is 348. The van der Waals surface area contributed by atoms with E-state index >= 15 is 0 Å². The first-order valence-corrected chi connectivity index (χ1v) is 6.25. The number of anilines is 1. The molecule has 1 atom stereocenters. The third kappa shape index (κ3) is 3.13. The first-order valence-electron chi connectivity index (χ1n) is 5.87. The molecule has 1 unspecified atom stereocenters. The van der Waals surface area contributed by atoms with Crippen molar-refractivity contribution in [3.05, 3.63) is 28.8 Å². The largest absolute Gasteiger partial charge is 0.384 e. The summed E-state index contributed by atoms with van der Waals surface area (Å²) in [7, 11) is 0. The number of rotatable bonds is 4. The Balaban J connectivity index is 1.80. The highest BCUT2D eigenvalue weighted by Gasteiger charge is 2.14. The zero-order valence-corrected chi connectivity index (χ0v) is 10.4. The maximum Gasteiger partial charge on any atom is 0.0640 e. The van der Waals surface area contributed by atoms with Crippen LogP contribution in [0.5, 0.6) is 0 Å². The van der Waals surface area contributed by atoms with E-state index < -0.39 is 0 Å². The molecule has 0 radical (unpaired) electrons. The van der Waals surface area contributed by atoms with Gasteiger partial charge in [0, 0.05) is 13.2 Å². The summed E-state index contributed by atoms with van der Waals surface area (Å²) in [6.45, 7) is 3.89. The molecule has 0 aromatic heterocycles. The number of nitrogens with one attached hydrogen (secondary N) is 1. The van der Waals surface area contributed by atoms with Crippen LogP contribution in [0.1, 0.15) is 24.8 Å². The molecule has 1 aromatic rings. The molecule has 1 aliphatic rings. The Morgan fingerprint density at radius 3 is 3.06 bits per heavy atom. The summed E-state index contributed by atoms with van der Waals surface area (Å²) in [6, 6.07) is 6.09. The van der Waals surface area contributed by atoms with E-state index in [0.29, 0.717) is 6.10 Å². The Hall–Kier alpha value is -0.730. The van der Waals surface area contributed by atoms with Gasteiger partial charge in [0.15, 0.2) is 0 Å². The summed E-state index contributed by atoms with van der Waals surface area (Å²) < 4.78 is 5.57. The van der Waals surface area contributed by atoms with Gasteiger partial charge in [0.05, 0.1) is 16.8 Å². The molecular formula is C13H18ClNO. The van der Waals surface area contributed by atoms with Gasteiger partial charge in [-0.2, -0.15) is 0 Å². The van der Waals surface area contributed by atoms with Crippen LogP contribution >= 0.6 is 11.6 Å². The van der Waals surface area contributed by atoms with Gasteiger partial charge in [-0.25, -0.2) is 0 Å². The van der Waals surface area contributed by atoms with Crippen molar-refractivity contribution in [2.24, 2.45) is 0 Å². The van der Waals surface area contributed by atoms with Crippen LogP contribution in [0.2, 0.25) is 5.02 Å². The quantitative estimate of drug-likeness (QED) is 0.867. The zero-order valence-electron chi connectivity index (χ0n) is 9.63. The van der Waals surface area contributed by atoms with Crippen LogP contribution in [0.3, 0.4) is 0 Å². The van der Waals surface area contributed by atoms with Crippen molar-refractivity contribution in [1.82, 2.24) is 0 Å². The van der Waals surface area contributed by atoms with E-state index in [9.17, 15) is 0 Å². The number of benzene rings is 1. The molecule has 88 valence electrons. The lowest BCUT2D eigenvalue weighted by Crippen LogP contribution is -2.12. The fraction of sp³-hybridized carbons (Fsp3) is 0.538. The second-order valence-corrected chi connectivity index (χ2v) is 4.74. The van der Waals surface area contributed by atoms with Crippen molar-refractivity contribution in [3.63, 3.8) is 0 Å². The normalized spacial score (nSPS) is 20.0. The van der Waals surface area contributed by atoms with Gasteiger partial charge in [0.2, 0.25) is 0 Å². The van der Waals surface area contributed by atoms with Crippen molar-refractivity contribution in [3.8, 4) is 0 Å². The van der Waals surface area contributed by atoms with E-state index in [2.05, 4.69) is 11.4 Å². The van der Waals surface area contributed by atoms with Gasteiger partial charge in [-0.15, -0.1) is 0 Å². The van der Waals surface area contributed by atoms with Crippen molar-refractivity contribution < 1.29 is 4.74 Å². The number of hydrogen-bond acceptors (Lipinski definition) is 2. The molecule has 2 nitrogen and oxygen atoms in total. The van der Waals surface area contributed by atoms with E-state index in [1.54, 1.807) is 0 Å². The van der Waals surface area contributed by atoms with Crippen LogP contribution in [-0.2, 0) is 4.74 Å². The molecular weight excluding hydrogens is 222 g/mol. The van der Waals surface area contributed by atoms with Crippen molar-refractivity contribution in [2.45, 2.75) is 32.3 Å². The lowest BCUT2D eigenvalue weighted by molar-refractivity contribution is 0.107. The molecule has 2 rings (SSSR count). The molecule has 1 aromatic carbocycles. The highest BCUT2D eigenvalue weighted by molar-refractivity contribution is 6.33. The summed E-state index contributed by atoms with van der Waals surface area (Å²) >= 11 is 6.13. The fourth-order valence-electron chi connectivity index (χ4n) is 2.00. The van der Waals surface area contributed by atoms with Crippen molar-refractivity contribution in [1.29, 1.82) is 0 Å². The Kier molecular flexibility index (Phi) is 4.08. The zero-order chi connectivity index (χ0) is 11.4. The van der Waals surface area contributed by atoms with Crippen LogP contribution < -0.4 is 5.32 Å². The van der Waals surface area contributed by atoms with Crippen molar-refractivity contribution >= 4 is 17.3 Å². The van der Waals surface area contributed by atoms with Crippen LogP contribution in [0.4, 0.5) is 5.69 Å². The van der Waals surface area contributed by atoms with Crippen LogP contribution in [0, 0.1) is 6.92 Å². The van der Waals surface area contributed by atoms with Crippen LogP contribution in [-0.4, -0.2) is 19.3 Å². The third-order valence-corrected chi connectivity index (χ3v) is 3.24. The monoisotopic (exact) mass is 239 g/mol. The van der Waals surface area contributed by atoms with E-state index in [-0.39, 0.29) is 0 Å². The van der Waals surface area contributed by atoms with E-state index in [1.165, 1.54) is 18.4 Å². The highest BCUT2D eigenvalue weighted by atomic mass is 35.5. The average molecular weight is 240 g/mol. The van der Waals surface area contributed by atoms with Crippen LogP contribution in [0.25, 0.3) is 0 Å². The summed E-state index contributed by atoms with van der Waals surface area (Å²) in [4.78, 5) is 0. The van der Waals surface area contributed by atoms with E-state index in [1.807, 2.05) is 19.1 Å². The lowest BCUT2D eigenvalue weighted by Gasteiger charge is -2.12. The summed E-state index contributed by atoms with van der Waals surface area (Å²) in [5, 5.41) is 4.15. The first-order chi connectivity index (χ1) is 7.75. The highest BCUT2D eigenvalue weighted by Crippen LogP contribution is 2.23. The van der Waals surface area contributed by atoms with Gasteiger partial charge in [-0.3, -0.25) is 0 Å². The number of aryl methyl sites for hydroxylation is 1. The maximum atomic E-state index is 6.13. The second-order valence-electron chi connectivity index (χ2n) is 4.33. The lowest BCUT2D eigenvalue weighted by atomic mass is 10.2. The van der Waals surface area contributed by atoms with Gasteiger partial charge in [0.1, 0.15) is 0 Å². The minimum Gasteiger partial charge on any atom is -0.384 e. The van der Waals surface area contributed by atoms with Gasteiger partial charge in [0.25, 0.3) is 0 Å². The summed E-state index contributed by atoms with van der Waals surface area (Å²) in [5.74, 6) is 0. The predicted molar refractivity (Wildman–Crippen MR) is 68.3 cm³/mol. The Labute approximate surface area is 102 Å². The molecule has 0 spiro atoms. The smallest absolute Gasteiger partial charge is 0.0640 e. The minimum atomic E-state index is 0.441.